The highest BCUT2D eigenvalue weighted by atomic mass is 28.4. The molecule has 218 valence electrons. The van der Waals surface area contributed by atoms with Crippen LogP contribution in [0.15, 0.2) is 48.5 Å². The zero-order valence-electron chi connectivity index (χ0n) is 24.2. The van der Waals surface area contributed by atoms with E-state index in [0.717, 1.165) is 6.42 Å². The summed E-state index contributed by atoms with van der Waals surface area (Å²) in [4.78, 5) is 52.8. The zero-order chi connectivity index (χ0) is 29.7. The fraction of sp³-hybridized carbons (Fsp3) is 0.500. The Hall–Kier alpha value is -3.57. The summed E-state index contributed by atoms with van der Waals surface area (Å²) in [5.41, 5.74) is 1.51. The summed E-state index contributed by atoms with van der Waals surface area (Å²) in [6.07, 6.45) is 0.883. The number of non-ortho nitro benzene ring substituents is 1. The number of rotatable bonds is 8. The van der Waals surface area contributed by atoms with Gasteiger partial charge in [-0.25, -0.2) is 4.79 Å². The van der Waals surface area contributed by atoms with Crippen LogP contribution in [0.2, 0.25) is 18.1 Å². The third-order valence-corrected chi connectivity index (χ3v) is 13.6. The average Bonchev–Trinajstić information content (AvgIpc) is 3.50. The fourth-order valence-electron chi connectivity index (χ4n) is 5.65. The molecule has 4 atom stereocenters. The van der Waals surface area contributed by atoms with E-state index in [1.165, 1.54) is 17.0 Å². The van der Waals surface area contributed by atoms with Gasteiger partial charge in [0, 0.05) is 31.3 Å². The summed E-state index contributed by atoms with van der Waals surface area (Å²) in [5, 5.41) is 11.0. The van der Waals surface area contributed by atoms with Crippen molar-refractivity contribution in [2.45, 2.75) is 70.5 Å². The molecule has 1 saturated carbocycles. The number of likely N-dealkylation sites (tertiary alicyclic amines) is 1. The summed E-state index contributed by atoms with van der Waals surface area (Å²) >= 11 is 0. The highest BCUT2D eigenvalue weighted by molar-refractivity contribution is 6.74. The number of hydrogen-bond acceptors (Lipinski definition) is 7. The van der Waals surface area contributed by atoms with Crippen molar-refractivity contribution in [3.63, 3.8) is 0 Å². The minimum atomic E-state index is -2.10. The molecule has 2 fully saturated rings. The lowest BCUT2D eigenvalue weighted by molar-refractivity contribution is -0.384. The van der Waals surface area contributed by atoms with Crippen molar-refractivity contribution in [3.05, 3.63) is 75.3 Å². The first-order chi connectivity index (χ1) is 19.3. The molecule has 2 heterocycles. The van der Waals surface area contributed by atoms with Crippen LogP contribution >= 0.6 is 0 Å². The third-order valence-electron chi connectivity index (χ3n) is 9.08. The lowest BCUT2D eigenvalue weighted by Gasteiger charge is -2.38. The van der Waals surface area contributed by atoms with Crippen LogP contribution in [0.3, 0.4) is 0 Å². The van der Waals surface area contributed by atoms with Gasteiger partial charge in [0.15, 0.2) is 8.32 Å². The first-order valence-corrected chi connectivity index (χ1v) is 17.0. The number of ether oxygens (including phenoxy) is 1. The quantitative estimate of drug-likeness (QED) is 0.172. The Morgan fingerprint density at radius 1 is 1.02 bits per heavy atom. The summed E-state index contributed by atoms with van der Waals surface area (Å²) in [6, 6.07) is 12.7. The van der Waals surface area contributed by atoms with Gasteiger partial charge in [-0.05, 0) is 72.6 Å². The van der Waals surface area contributed by atoms with Crippen molar-refractivity contribution in [1.29, 1.82) is 0 Å². The molecular weight excluding hydrogens is 542 g/mol. The SMILES string of the molecule is CC(C)(C)[Si](C)(C)O[C@@H]1C[C@@H]([C@@H]2C[C@H]2CN2C(=O)c3ccccc3C2=O)N(C(=O)OCc2ccc([N+](=O)[O-])cc2)C1. The Morgan fingerprint density at radius 2 is 1.63 bits per heavy atom. The number of amides is 3. The van der Waals surface area contributed by atoms with Gasteiger partial charge >= 0.3 is 6.09 Å². The van der Waals surface area contributed by atoms with E-state index in [-0.39, 0.29) is 53.1 Å². The number of carbonyl (C=O) groups excluding carboxylic acids is 3. The largest absolute Gasteiger partial charge is 0.445 e. The van der Waals surface area contributed by atoms with E-state index < -0.39 is 19.3 Å². The molecule has 0 unspecified atom stereocenters. The maximum absolute atomic E-state index is 13.4. The van der Waals surface area contributed by atoms with Crippen LogP contribution in [0.4, 0.5) is 10.5 Å². The molecule has 1 aliphatic carbocycles. The lowest BCUT2D eigenvalue weighted by atomic mass is 10.1. The summed E-state index contributed by atoms with van der Waals surface area (Å²) in [7, 11) is -2.10. The molecular formula is C30H37N3O7Si. The van der Waals surface area contributed by atoms with E-state index in [1.807, 2.05) is 0 Å². The molecule has 2 aliphatic heterocycles. The van der Waals surface area contributed by atoms with E-state index >= 15 is 0 Å². The van der Waals surface area contributed by atoms with Gasteiger partial charge in [0.2, 0.25) is 0 Å². The highest BCUT2D eigenvalue weighted by Crippen LogP contribution is 2.49. The summed E-state index contributed by atoms with van der Waals surface area (Å²) in [6.45, 7) is 11.7. The standard InChI is InChI=1S/C30H37N3O7Si/c1-30(2,3)41(4,5)40-22-15-26(31(17-22)29(36)39-18-19-10-12-21(13-11-19)33(37)38)25-14-20(25)16-32-27(34)23-8-6-7-9-24(23)28(32)35/h6-13,20,22,25-26H,14-18H2,1-5H3/t20-,22+,25+,26-/m0/s1. The van der Waals surface area contributed by atoms with Crippen molar-refractivity contribution in [2.24, 2.45) is 11.8 Å². The zero-order valence-corrected chi connectivity index (χ0v) is 25.2. The van der Waals surface area contributed by atoms with Crippen LogP contribution in [-0.2, 0) is 15.8 Å². The van der Waals surface area contributed by atoms with Crippen molar-refractivity contribution >= 4 is 31.9 Å². The number of fused-ring (bicyclic) bond motifs is 1. The van der Waals surface area contributed by atoms with E-state index in [4.69, 9.17) is 9.16 Å². The molecule has 0 radical (unpaired) electrons. The Morgan fingerprint density at radius 3 is 2.20 bits per heavy atom. The van der Waals surface area contributed by atoms with Crippen LogP contribution in [-0.4, -0.2) is 66.2 Å². The number of nitro benzene ring substituents is 1. The second-order valence-corrected chi connectivity index (χ2v) is 17.6. The number of carbonyl (C=O) groups is 3. The number of nitro groups is 1. The maximum atomic E-state index is 13.4. The molecule has 5 rings (SSSR count). The predicted molar refractivity (Wildman–Crippen MR) is 154 cm³/mol. The fourth-order valence-corrected chi connectivity index (χ4v) is 7.01. The van der Waals surface area contributed by atoms with Gasteiger partial charge < -0.3 is 14.1 Å². The first kappa shape index (κ1) is 28.9. The topological polar surface area (TPSA) is 119 Å². The highest BCUT2D eigenvalue weighted by Gasteiger charge is 2.54. The van der Waals surface area contributed by atoms with Crippen molar-refractivity contribution < 1.29 is 28.5 Å². The van der Waals surface area contributed by atoms with Crippen LogP contribution in [0, 0.1) is 22.0 Å². The van der Waals surface area contributed by atoms with Gasteiger partial charge in [-0.1, -0.05) is 32.9 Å². The molecule has 11 heteroatoms. The van der Waals surface area contributed by atoms with Crippen LogP contribution in [0.25, 0.3) is 0 Å². The molecule has 0 N–H and O–H groups in total. The minimum Gasteiger partial charge on any atom is -0.445 e. The second kappa shape index (κ2) is 10.7. The Kier molecular flexibility index (Phi) is 7.54. The van der Waals surface area contributed by atoms with Crippen molar-refractivity contribution in [2.75, 3.05) is 13.1 Å². The summed E-state index contributed by atoms with van der Waals surface area (Å²) in [5.74, 6) is -0.305. The third kappa shape index (κ3) is 5.78. The number of imide groups is 1. The van der Waals surface area contributed by atoms with E-state index in [0.29, 0.717) is 36.2 Å². The van der Waals surface area contributed by atoms with Crippen LogP contribution in [0.1, 0.15) is 59.9 Å². The molecule has 0 bridgehead atoms. The number of nitrogens with zero attached hydrogens (tertiary/aromatic N) is 3. The van der Waals surface area contributed by atoms with Gasteiger partial charge in [-0.2, -0.15) is 0 Å². The lowest BCUT2D eigenvalue weighted by Crippen LogP contribution is -2.45. The smallest absolute Gasteiger partial charge is 0.410 e. The van der Waals surface area contributed by atoms with Crippen LogP contribution in [0.5, 0.6) is 0 Å². The molecule has 0 aromatic heterocycles. The molecule has 41 heavy (non-hydrogen) atoms. The monoisotopic (exact) mass is 579 g/mol. The molecule has 1 saturated heterocycles. The Bertz CT molecular complexity index is 1340. The van der Waals surface area contributed by atoms with Crippen molar-refractivity contribution in [3.8, 4) is 0 Å². The minimum absolute atomic E-state index is 0.00303. The van der Waals surface area contributed by atoms with Gasteiger partial charge in [-0.15, -0.1) is 0 Å². The molecule has 2 aromatic carbocycles. The van der Waals surface area contributed by atoms with Gasteiger partial charge in [0.05, 0.1) is 22.2 Å². The predicted octanol–water partition coefficient (Wildman–Crippen LogP) is 5.63. The van der Waals surface area contributed by atoms with Gasteiger partial charge in [-0.3, -0.25) is 24.6 Å². The molecule has 3 aliphatic rings. The van der Waals surface area contributed by atoms with Crippen LogP contribution < -0.4 is 0 Å². The molecule has 10 nitrogen and oxygen atoms in total. The Balaban J connectivity index is 1.27. The van der Waals surface area contributed by atoms with E-state index in [1.54, 1.807) is 41.3 Å². The average molecular weight is 580 g/mol. The molecule has 2 aromatic rings. The summed E-state index contributed by atoms with van der Waals surface area (Å²) < 4.78 is 12.4. The van der Waals surface area contributed by atoms with Gasteiger partial charge in [0.25, 0.3) is 17.5 Å². The number of benzene rings is 2. The van der Waals surface area contributed by atoms with E-state index in [2.05, 4.69) is 33.9 Å². The van der Waals surface area contributed by atoms with Crippen molar-refractivity contribution in [1.82, 2.24) is 9.80 Å². The maximum Gasteiger partial charge on any atom is 0.410 e. The first-order valence-electron chi connectivity index (χ1n) is 14.1. The number of hydrogen-bond donors (Lipinski definition) is 0. The normalized spacial score (nSPS) is 24.0. The molecule has 0 spiro atoms. The van der Waals surface area contributed by atoms with E-state index in [9.17, 15) is 24.5 Å². The second-order valence-electron chi connectivity index (χ2n) is 12.9. The van der Waals surface area contributed by atoms with Gasteiger partial charge in [0.1, 0.15) is 6.61 Å². The molecule has 3 amide bonds. The Labute approximate surface area is 240 Å².